The van der Waals surface area contributed by atoms with Crippen LogP contribution < -0.4 is 9.64 Å². The van der Waals surface area contributed by atoms with Gasteiger partial charge < -0.3 is 19.6 Å². The van der Waals surface area contributed by atoms with Gasteiger partial charge in [-0.1, -0.05) is 35.9 Å². The molecule has 2 fully saturated rings. The number of phenols is 1. The van der Waals surface area contributed by atoms with Crippen molar-refractivity contribution in [3.8, 4) is 22.9 Å². The number of carbonyl (C=O) groups is 1. The molecule has 0 radical (unpaired) electrons. The van der Waals surface area contributed by atoms with Gasteiger partial charge in [0.25, 0.3) is 0 Å². The highest BCUT2D eigenvalue weighted by atomic mass is 35.5. The van der Waals surface area contributed by atoms with Crippen molar-refractivity contribution in [3.63, 3.8) is 0 Å². The topological polar surface area (TPSA) is 82.0 Å². The van der Waals surface area contributed by atoms with E-state index in [1.165, 1.54) is 6.07 Å². The van der Waals surface area contributed by atoms with Crippen molar-refractivity contribution in [1.29, 1.82) is 0 Å². The van der Waals surface area contributed by atoms with Gasteiger partial charge in [0.1, 0.15) is 22.8 Å². The molecule has 1 amide bonds. The maximum Gasteiger partial charge on any atom is 0.319 e. The predicted molar refractivity (Wildman–Crippen MR) is 169 cm³/mol. The number of alkyl halides is 1. The van der Waals surface area contributed by atoms with Crippen LogP contribution in [-0.4, -0.2) is 87.9 Å². The lowest BCUT2D eigenvalue weighted by molar-refractivity contribution is -0.131. The molecule has 2 aliphatic rings. The SMILES string of the molecule is CC(=O)N1C[C@H](C)N(c2nc(OCCCN3CC(C)(F)C3)nc3c(F)c(-c4cc(O)cc5ccccc45)c(Cl)cc23)C[C@H]1C. The molecule has 1 aromatic heterocycles. The van der Waals surface area contributed by atoms with E-state index in [0.717, 1.165) is 10.8 Å². The van der Waals surface area contributed by atoms with Crippen LogP contribution in [0.2, 0.25) is 5.02 Å². The fourth-order valence-electron chi connectivity index (χ4n) is 6.55. The lowest BCUT2D eigenvalue weighted by Gasteiger charge is -2.44. The van der Waals surface area contributed by atoms with Crippen LogP contribution in [0.25, 0.3) is 32.8 Å². The average Bonchev–Trinajstić information content (AvgIpc) is 2.95. The molecule has 0 unspecified atom stereocenters. The summed E-state index contributed by atoms with van der Waals surface area (Å²) in [7, 11) is 0. The van der Waals surface area contributed by atoms with Gasteiger partial charge in [0.2, 0.25) is 5.91 Å². The number of aromatic nitrogens is 2. The molecule has 11 heteroatoms. The third-order valence-corrected chi connectivity index (χ3v) is 8.88. The Morgan fingerprint density at radius 3 is 2.59 bits per heavy atom. The molecule has 0 aliphatic carbocycles. The second-order valence-corrected chi connectivity index (χ2v) is 12.7. The normalized spacial score (nSPS) is 20.2. The first-order chi connectivity index (χ1) is 20.9. The molecule has 8 nitrogen and oxygen atoms in total. The second kappa shape index (κ2) is 11.6. The summed E-state index contributed by atoms with van der Waals surface area (Å²) in [5.41, 5.74) is -0.535. The molecule has 1 N–H and O–H groups in total. The van der Waals surface area contributed by atoms with Gasteiger partial charge in [0.05, 0.1) is 11.6 Å². The van der Waals surface area contributed by atoms with Gasteiger partial charge in [-0.25, -0.2) is 8.78 Å². The number of piperazine rings is 1. The zero-order chi connectivity index (χ0) is 31.3. The van der Waals surface area contributed by atoms with E-state index in [1.54, 1.807) is 26.0 Å². The molecule has 44 heavy (non-hydrogen) atoms. The van der Waals surface area contributed by atoms with Crippen LogP contribution in [-0.2, 0) is 4.79 Å². The van der Waals surface area contributed by atoms with Crippen molar-refractivity contribution < 1.29 is 23.4 Å². The molecular formula is C33H36ClF2N5O3. The number of carbonyl (C=O) groups excluding carboxylic acids is 1. The van der Waals surface area contributed by atoms with Gasteiger partial charge in [-0.3, -0.25) is 9.69 Å². The number of phenolic OH excluding ortho intramolecular Hbond substituents is 1. The molecule has 3 aromatic carbocycles. The van der Waals surface area contributed by atoms with Crippen molar-refractivity contribution >= 4 is 45.0 Å². The highest BCUT2D eigenvalue weighted by molar-refractivity contribution is 6.35. The van der Waals surface area contributed by atoms with Gasteiger partial charge in [-0.05, 0) is 61.7 Å². The Bertz CT molecular complexity index is 1740. The number of aromatic hydroxyl groups is 1. The summed E-state index contributed by atoms with van der Waals surface area (Å²) in [6.45, 7) is 9.79. The average molecular weight is 624 g/mol. The van der Waals surface area contributed by atoms with E-state index in [2.05, 4.69) is 4.98 Å². The number of halogens is 3. The molecule has 2 aliphatic heterocycles. The Morgan fingerprint density at radius 1 is 1.11 bits per heavy atom. The van der Waals surface area contributed by atoms with Gasteiger partial charge in [0.15, 0.2) is 5.82 Å². The van der Waals surface area contributed by atoms with Crippen molar-refractivity contribution in [2.24, 2.45) is 0 Å². The van der Waals surface area contributed by atoms with E-state index in [9.17, 15) is 14.3 Å². The number of ether oxygens (including phenoxy) is 1. The summed E-state index contributed by atoms with van der Waals surface area (Å²) in [6.07, 6.45) is 0.626. The Labute approximate surface area is 260 Å². The van der Waals surface area contributed by atoms with Crippen LogP contribution >= 0.6 is 11.6 Å². The van der Waals surface area contributed by atoms with E-state index >= 15 is 4.39 Å². The van der Waals surface area contributed by atoms with Gasteiger partial charge in [-0.2, -0.15) is 9.97 Å². The van der Waals surface area contributed by atoms with Gasteiger partial charge in [-0.15, -0.1) is 0 Å². The van der Waals surface area contributed by atoms with Crippen LogP contribution in [0.3, 0.4) is 0 Å². The quantitative estimate of drug-likeness (QED) is 0.245. The highest BCUT2D eigenvalue weighted by Gasteiger charge is 2.38. The summed E-state index contributed by atoms with van der Waals surface area (Å²) in [4.78, 5) is 27.4. The lowest BCUT2D eigenvalue weighted by atomic mass is 9.96. The standard InChI is InChI=1S/C33H36ClF2N5O3/c1-19-16-41(20(2)15-40(19)21(3)42)31-26-14-27(34)28(25-13-23(43)12-22-8-5-6-9-24(22)25)29(35)30(26)37-32(38-31)44-11-7-10-39-17-33(4,36)18-39/h5-6,8-9,12-14,19-20,43H,7,10-11,15-18H2,1-4H3/t19-,20+/m1/s1. The summed E-state index contributed by atoms with van der Waals surface area (Å²) in [5.74, 6) is -0.199. The minimum Gasteiger partial charge on any atom is -0.508 e. The van der Waals surface area contributed by atoms with E-state index in [-0.39, 0.29) is 52.5 Å². The van der Waals surface area contributed by atoms with Crippen LogP contribution in [0.5, 0.6) is 11.8 Å². The number of hydrogen-bond donors (Lipinski definition) is 1. The maximum atomic E-state index is 16.7. The van der Waals surface area contributed by atoms with Gasteiger partial charge in [0, 0.05) is 62.7 Å². The molecular weight excluding hydrogens is 588 g/mol. The first-order valence-electron chi connectivity index (χ1n) is 14.9. The molecule has 3 heterocycles. The van der Waals surface area contributed by atoms with Crippen LogP contribution in [0.15, 0.2) is 42.5 Å². The molecule has 0 spiro atoms. The zero-order valence-corrected chi connectivity index (χ0v) is 26.0. The fraction of sp³-hybridized carbons (Fsp3) is 0.424. The van der Waals surface area contributed by atoms with Crippen molar-refractivity contribution in [3.05, 3.63) is 53.3 Å². The Morgan fingerprint density at radius 2 is 1.86 bits per heavy atom. The first kappa shape index (κ1) is 30.3. The van der Waals surface area contributed by atoms with E-state index < -0.39 is 11.5 Å². The highest BCUT2D eigenvalue weighted by Crippen LogP contribution is 2.43. The monoisotopic (exact) mass is 623 g/mol. The number of likely N-dealkylation sites (tertiary alicyclic amines) is 1. The fourth-order valence-corrected chi connectivity index (χ4v) is 6.84. The molecule has 0 saturated carbocycles. The number of amides is 1. The largest absolute Gasteiger partial charge is 0.508 e. The molecule has 2 saturated heterocycles. The Hall–Kier alpha value is -3.76. The molecule has 0 bridgehead atoms. The Balaban J connectivity index is 1.42. The second-order valence-electron chi connectivity index (χ2n) is 12.3. The van der Waals surface area contributed by atoms with E-state index in [4.69, 9.17) is 21.3 Å². The van der Waals surface area contributed by atoms with E-state index in [1.807, 2.05) is 52.8 Å². The summed E-state index contributed by atoms with van der Waals surface area (Å²) in [6, 6.07) is 12.0. The number of rotatable bonds is 7. The Kier molecular flexibility index (Phi) is 8.00. The summed E-state index contributed by atoms with van der Waals surface area (Å²) < 4.78 is 36.6. The van der Waals surface area contributed by atoms with Crippen molar-refractivity contribution in [1.82, 2.24) is 19.8 Å². The molecule has 232 valence electrons. The smallest absolute Gasteiger partial charge is 0.319 e. The number of nitrogens with zero attached hydrogens (tertiary/aromatic N) is 5. The van der Waals surface area contributed by atoms with E-state index in [0.29, 0.717) is 55.9 Å². The lowest BCUT2D eigenvalue weighted by Crippen LogP contribution is -2.58. The minimum absolute atomic E-state index is 0.00656. The van der Waals surface area contributed by atoms with Crippen LogP contribution in [0.1, 0.15) is 34.1 Å². The third kappa shape index (κ3) is 5.73. The summed E-state index contributed by atoms with van der Waals surface area (Å²) in [5, 5.41) is 12.5. The first-order valence-corrected chi connectivity index (χ1v) is 15.3. The van der Waals surface area contributed by atoms with Crippen LogP contribution in [0.4, 0.5) is 14.6 Å². The summed E-state index contributed by atoms with van der Waals surface area (Å²) >= 11 is 6.84. The maximum absolute atomic E-state index is 16.7. The number of fused-ring (bicyclic) bond motifs is 2. The van der Waals surface area contributed by atoms with Crippen LogP contribution in [0, 0.1) is 5.82 Å². The van der Waals surface area contributed by atoms with Crippen molar-refractivity contribution in [2.45, 2.75) is 51.9 Å². The number of benzene rings is 3. The van der Waals surface area contributed by atoms with Gasteiger partial charge >= 0.3 is 6.01 Å². The predicted octanol–water partition coefficient (Wildman–Crippen LogP) is 6.21. The number of anilines is 1. The molecule has 2 atom stereocenters. The van der Waals surface area contributed by atoms with Crippen molar-refractivity contribution in [2.75, 3.05) is 44.2 Å². The third-order valence-electron chi connectivity index (χ3n) is 8.58. The molecule has 4 aromatic rings. The zero-order valence-electron chi connectivity index (χ0n) is 25.3. The number of hydrogen-bond acceptors (Lipinski definition) is 7. The molecule has 6 rings (SSSR count). The minimum atomic E-state index is -1.14.